The number of carbonyl (C=O) groups excluding carboxylic acids is 1. The normalized spacial score (nSPS) is 9.80. The number of nitriles is 1. The van der Waals surface area contributed by atoms with Crippen LogP contribution in [0.5, 0.6) is 5.88 Å². The lowest BCUT2D eigenvalue weighted by Gasteiger charge is -2.07. The lowest BCUT2D eigenvalue weighted by molar-refractivity contribution is 0.110. The van der Waals surface area contributed by atoms with Gasteiger partial charge >= 0.3 is 0 Å². The number of aromatic nitrogens is 1. The molecule has 0 N–H and O–H groups in total. The number of hydrogen-bond donors (Lipinski definition) is 0. The van der Waals surface area contributed by atoms with E-state index in [4.69, 9.17) is 5.26 Å². The van der Waals surface area contributed by atoms with Crippen LogP contribution < -0.4 is 4.74 Å². The summed E-state index contributed by atoms with van der Waals surface area (Å²) in [5.74, 6) is -0.0435. The van der Waals surface area contributed by atoms with Crippen molar-refractivity contribution in [3.63, 3.8) is 0 Å². The molecule has 4 nitrogen and oxygen atoms in total. The van der Waals surface area contributed by atoms with Gasteiger partial charge in [-0.25, -0.2) is 13.8 Å². The van der Waals surface area contributed by atoms with Crippen LogP contribution in [0.1, 0.15) is 28.0 Å². The van der Waals surface area contributed by atoms with Gasteiger partial charge in [-0.05, 0) is 0 Å². The Kier molecular flexibility index (Phi) is 3.29. The molecular formula is C9H6F2N2O2. The highest BCUT2D eigenvalue weighted by atomic mass is 19.3. The fourth-order valence-electron chi connectivity index (χ4n) is 1.07. The van der Waals surface area contributed by atoms with E-state index in [1.54, 1.807) is 0 Å². The van der Waals surface area contributed by atoms with E-state index in [1.807, 2.05) is 0 Å². The van der Waals surface area contributed by atoms with Crippen LogP contribution in [0.25, 0.3) is 0 Å². The van der Waals surface area contributed by atoms with Crippen LogP contribution in [0, 0.1) is 11.3 Å². The molecule has 0 fully saturated rings. The van der Waals surface area contributed by atoms with Crippen LogP contribution in [-0.4, -0.2) is 18.4 Å². The fraction of sp³-hybridized carbons (Fsp3) is 0.222. The first-order valence-corrected chi connectivity index (χ1v) is 3.86. The number of pyridine rings is 1. The summed E-state index contributed by atoms with van der Waals surface area (Å²) in [7, 11) is 1.26. The van der Waals surface area contributed by atoms with Gasteiger partial charge in [-0.2, -0.15) is 5.26 Å². The summed E-state index contributed by atoms with van der Waals surface area (Å²) in [6.07, 6.45) is -2.68. The van der Waals surface area contributed by atoms with Gasteiger partial charge in [0.2, 0.25) is 5.88 Å². The average Bonchev–Trinajstić information content (AvgIpc) is 2.26. The van der Waals surface area contributed by atoms with Crippen molar-refractivity contribution in [1.29, 1.82) is 5.26 Å². The molecule has 1 rings (SSSR count). The van der Waals surface area contributed by atoms with E-state index in [1.165, 1.54) is 13.2 Å². The molecule has 1 aromatic heterocycles. The molecule has 0 amide bonds. The van der Waals surface area contributed by atoms with Crippen LogP contribution in [-0.2, 0) is 0 Å². The quantitative estimate of drug-likeness (QED) is 0.715. The number of alkyl halides is 2. The molecule has 0 bridgehead atoms. The topological polar surface area (TPSA) is 63.0 Å². The zero-order valence-electron chi connectivity index (χ0n) is 7.70. The average molecular weight is 212 g/mol. The Morgan fingerprint density at radius 3 is 2.73 bits per heavy atom. The van der Waals surface area contributed by atoms with Gasteiger partial charge in [0.15, 0.2) is 12.0 Å². The highest BCUT2D eigenvalue weighted by molar-refractivity contribution is 5.79. The number of aldehydes is 1. The second-order valence-corrected chi connectivity index (χ2v) is 2.55. The van der Waals surface area contributed by atoms with Gasteiger partial charge in [0.25, 0.3) is 6.43 Å². The molecule has 78 valence electrons. The predicted molar refractivity (Wildman–Crippen MR) is 45.8 cm³/mol. The first-order valence-electron chi connectivity index (χ1n) is 3.86. The number of rotatable bonds is 3. The third-order valence-corrected chi connectivity index (χ3v) is 1.73. The lowest BCUT2D eigenvalue weighted by Crippen LogP contribution is -2.02. The van der Waals surface area contributed by atoms with Crippen LogP contribution >= 0.6 is 0 Å². The molecule has 0 spiro atoms. The summed E-state index contributed by atoms with van der Waals surface area (Å²) < 4.78 is 29.7. The zero-order valence-corrected chi connectivity index (χ0v) is 7.70. The van der Waals surface area contributed by atoms with Crippen molar-refractivity contribution in [2.75, 3.05) is 7.11 Å². The number of halogens is 2. The molecule has 1 heterocycles. The molecule has 6 heteroatoms. The van der Waals surface area contributed by atoms with Crippen molar-refractivity contribution >= 4 is 6.29 Å². The van der Waals surface area contributed by atoms with Crippen molar-refractivity contribution in [2.45, 2.75) is 6.43 Å². The SMILES string of the molecule is COc1cc(C=O)c(C(F)F)c(C#N)n1. The van der Waals surface area contributed by atoms with E-state index in [0.717, 1.165) is 6.07 Å². The first kappa shape index (κ1) is 11.0. The third kappa shape index (κ3) is 2.07. The van der Waals surface area contributed by atoms with Crippen molar-refractivity contribution in [2.24, 2.45) is 0 Å². The molecule has 0 aliphatic rings. The largest absolute Gasteiger partial charge is 0.481 e. The molecule has 15 heavy (non-hydrogen) atoms. The van der Waals surface area contributed by atoms with Crippen LogP contribution in [0.3, 0.4) is 0 Å². The zero-order chi connectivity index (χ0) is 11.4. The highest BCUT2D eigenvalue weighted by Crippen LogP contribution is 2.27. The van der Waals surface area contributed by atoms with E-state index in [9.17, 15) is 13.6 Å². The van der Waals surface area contributed by atoms with E-state index >= 15 is 0 Å². The number of nitrogens with zero attached hydrogens (tertiary/aromatic N) is 2. The summed E-state index contributed by atoms with van der Waals surface area (Å²) in [5.41, 5.74) is -1.44. The first-order chi connectivity index (χ1) is 7.13. The van der Waals surface area contributed by atoms with Gasteiger partial charge in [-0.3, -0.25) is 4.79 Å². The van der Waals surface area contributed by atoms with E-state index in [-0.39, 0.29) is 17.7 Å². The van der Waals surface area contributed by atoms with Crippen LogP contribution in [0.4, 0.5) is 8.78 Å². The Morgan fingerprint density at radius 2 is 2.33 bits per heavy atom. The summed E-state index contributed by atoms with van der Waals surface area (Å²) in [4.78, 5) is 14.1. The molecule has 0 atom stereocenters. The number of ether oxygens (including phenoxy) is 1. The van der Waals surface area contributed by atoms with Crippen LogP contribution in [0.15, 0.2) is 6.07 Å². The molecule has 0 saturated heterocycles. The molecule has 1 aromatic rings. The third-order valence-electron chi connectivity index (χ3n) is 1.73. The van der Waals surface area contributed by atoms with Crippen molar-refractivity contribution < 1.29 is 18.3 Å². The smallest absolute Gasteiger partial charge is 0.267 e. The number of hydrogen-bond acceptors (Lipinski definition) is 4. The molecule has 0 aliphatic heterocycles. The van der Waals surface area contributed by atoms with E-state index < -0.39 is 17.7 Å². The number of methoxy groups -OCH3 is 1. The van der Waals surface area contributed by atoms with Gasteiger partial charge in [0.1, 0.15) is 6.07 Å². The van der Waals surface area contributed by atoms with Gasteiger partial charge < -0.3 is 4.74 Å². The minimum absolute atomic E-state index is 0.0435. The predicted octanol–water partition coefficient (Wildman–Crippen LogP) is 1.71. The maximum Gasteiger partial charge on any atom is 0.267 e. The highest BCUT2D eigenvalue weighted by Gasteiger charge is 2.20. The Morgan fingerprint density at radius 1 is 1.67 bits per heavy atom. The van der Waals surface area contributed by atoms with Gasteiger partial charge in [0.05, 0.1) is 12.7 Å². The Bertz CT molecular complexity index is 427. The molecule has 0 saturated carbocycles. The molecule has 0 radical (unpaired) electrons. The second-order valence-electron chi connectivity index (χ2n) is 2.55. The Balaban J connectivity index is 3.48. The molecule has 0 aliphatic carbocycles. The minimum atomic E-state index is -2.92. The second kappa shape index (κ2) is 4.46. The van der Waals surface area contributed by atoms with Crippen molar-refractivity contribution in [3.8, 4) is 11.9 Å². The number of carbonyl (C=O) groups is 1. The van der Waals surface area contributed by atoms with Gasteiger partial charge in [0, 0.05) is 11.6 Å². The van der Waals surface area contributed by atoms with Crippen molar-refractivity contribution in [1.82, 2.24) is 4.98 Å². The fourth-order valence-corrected chi connectivity index (χ4v) is 1.07. The van der Waals surface area contributed by atoms with E-state index in [2.05, 4.69) is 9.72 Å². The summed E-state index contributed by atoms with van der Waals surface area (Å²) >= 11 is 0. The maximum absolute atomic E-state index is 12.5. The lowest BCUT2D eigenvalue weighted by atomic mass is 10.1. The Hall–Kier alpha value is -2.03. The minimum Gasteiger partial charge on any atom is -0.481 e. The standard InChI is InChI=1S/C9H6F2N2O2/c1-15-7-2-5(4-14)8(9(10)11)6(3-12)13-7/h2,4,9H,1H3. The van der Waals surface area contributed by atoms with Crippen LogP contribution in [0.2, 0.25) is 0 Å². The summed E-state index contributed by atoms with van der Waals surface area (Å²) in [5, 5.41) is 8.59. The van der Waals surface area contributed by atoms with Gasteiger partial charge in [-0.1, -0.05) is 0 Å². The summed E-state index contributed by atoms with van der Waals surface area (Å²) in [6, 6.07) is 2.56. The monoisotopic (exact) mass is 212 g/mol. The summed E-state index contributed by atoms with van der Waals surface area (Å²) in [6.45, 7) is 0. The van der Waals surface area contributed by atoms with Crippen molar-refractivity contribution in [3.05, 3.63) is 22.9 Å². The molecular weight excluding hydrogens is 206 g/mol. The molecule has 0 unspecified atom stereocenters. The van der Waals surface area contributed by atoms with E-state index in [0.29, 0.717) is 0 Å². The van der Waals surface area contributed by atoms with Gasteiger partial charge in [-0.15, -0.1) is 0 Å². The Labute approximate surface area is 84.1 Å². The molecule has 0 aromatic carbocycles. The maximum atomic E-state index is 12.5.